The van der Waals surface area contributed by atoms with Crippen LogP contribution in [0.5, 0.6) is 0 Å². The summed E-state index contributed by atoms with van der Waals surface area (Å²) in [5, 5.41) is 3.91. The van der Waals surface area contributed by atoms with Crippen LogP contribution >= 0.6 is 0 Å². The highest BCUT2D eigenvalue weighted by atomic mass is 28.4. The standard InChI is InChI=1S/C41H65N3O9Si/c1-29(2)54(48,30(3)4)33-17-15-32(16-18-33)25-36(45)42-23-14-24-43-38(46)31(5)27-44(39(43)47)37-26-34(53-41(50-7)21-12-9-13-22-41)35(52-37)28-51-40(49-6)19-10-8-11-20-40/h15-18,27,29-30,34-35,37,48H,8-14,19-26,28H2,1-7H3,(H,42,45)/t34-,35+,37+/m0/s1. The van der Waals surface area contributed by atoms with E-state index in [-0.39, 0.29) is 42.1 Å². The van der Waals surface area contributed by atoms with Crippen LogP contribution in [0.15, 0.2) is 40.1 Å². The summed E-state index contributed by atoms with van der Waals surface area (Å²) in [7, 11) is 0.737. The summed E-state index contributed by atoms with van der Waals surface area (Å²) >= 11 is 0. The van der Waals surface area contributed by atoms with Crippen LogP contribution in [0.2, 0.25) is 11.1 Å². The number of methoxy groups -OCH3 is 2. The van der Waals surface area contributed by atoms with Crippen LogP contribution in [-0.2, 0) is 41.4 Å². The van der Waals surface area contributed by atoms with Gasteiger partial charge in [0.2, 0.25) is 14.2 Å². The number of ether oxygens (including phenoxy) is 5. The van der Waals surface area contributed by atoms with E-state index in [1.807, 2.05) is 24.3 Å². The Bertz CT molecular complexity index is 1640. The second kappa shape index (κ2) is 18.5. The van der Waals surface area contributed by atoms with Gasteiger partial charge in [-0.15, -0.1) is 0 Å². The van der Waals surface area contributed by atoms with Gasteiger partial charge in [-0.05, 0) is 60.9 Å². The summed E-state index contributed by atoms with van der Waals surface area (Å²) in [6, 6.07) is 7.75. The van der Waals surface area contributed by atoms with Crippen LogP contribution in [0.25, 0.3) is 0 Å². The van der Waals surface area contributed by atoms with Gasteiger partial charge in [0, 0.05) is 71.2 Å². The molecule has 0 bridgehead atoms. The zero-order valence-electron chi connectivity index (χ0n) is 33.7. The minimum Gasteiger partial charge on any atom is -0.427 e. The van der Waals surface area contributed by atoms with Crippen molar-refractivity contribution >= 4 is 19.4 Å². The van der Waals surface area contributed by atoms with Gasteiger partial charge in [0.05, 0.1) is 19.1 Å². The lowest BCUT2D eigenvalue weighted by Gasteiger charge is -2.40. The maximum absolute atomic E-state index is 13.9. The summed E-state index contributed by atoms with van der Waals surface area (Å²) in [6.07, 6.45) is 10.6. The Kier molecular flexibility index (Phi) is 14.6. The third kappa shape index (κ3) is 9.65. The monoisotopic (exact) mass is 771 g/mol. The molecule has 1 aliphatic heterocycles. The molecule has 2 aromatic rings. The molecule has 5 rings (SSSR count). The highest BCUT2D eigenvalue weighted by Gasteiger charge is 2.46. The number of nitrogens with zero attached hydrogens (tertiary/aromatic N) is 2. The van der Waals surface area contributed by atoms with Crippen LogP contribution in [0.1, 0.15) is 122 Å². The van der Waals surface area contributed by atoms with E-state index in [9.17, 15) is 19.2 Å². The number of amides is 1. The van der Waals surface area contributed by atoms with Gasteiger partial charge in [-0.25, -0.2) is 4.79 Å². The molecular formula is C41H65N3O9Si. The average molecular weight is 772 g/mol. The van der Waals surface area contributed by atoms with E-state index in [1.54, 1.807) is 27.3 Å². The first-order valence-electron chi connectivity index (χ1n) is 20.2. The first-order chi connectivity index (χ1) is 25.8. The van der Waals surface area contributed by atoms with E-state index < -0.39 is 44.0 Å². The third-order valence-electron chi connectivity index (χ3n) is 12.1. The Balaban J connectivity index is 1.24. The molecule has 3 fully saturated rings. The van der Waals surface area contributed by atoms with Gasteiger partial charge in [-0.1, -0.05) is 64.8 Å². The van der Waals surface area contributed by atoms with Gasteiger partial charge in [-0.3, -0.25) is 18.7 Å². The number of hydrogen-bond donors (Lipinski definition) is 2. The number of carbonyl (C=O) groups excluding carboxylic acids is 1. The van der Waals surface area contributed by atoms with Crippen LogP contribution in [-0.4, -0.2) is 79.3 Å². The molecule has 3 atom stereocenters. The molecule has 2 N–H and O–H groups in total. The second-order valence-corrected chi connectivity index (χ2v) is 20.9. The molecular weight excluding hydrogens is 707 g/mol. The molecule has 3 aliphatic rings. The van der Waals surface area contributed by atoms with Crippen molar-refractivity contribution < 1.29 is 33.3 Å². The summed E-state index contributed by atoms with van der Waals surface area (Å²) in [4.78, 5) is 51.5. The first-order valence-corrected chi connectivity index (χ1v) is 22.3. The molecule has 2 aliphatic carbocycles. The number of nitrogens with one attached hydrogen (secondary N) is 1. The smallest absolute Gasteiger partial charge is 0.333 e. The zero-order valence-corrected chi connectivity index (χ0v) is 34.7. The molecule has 0 unspecified atom stereocenters. The number of rotatable bonds is 17. The maximum atomic E-state index is 13.9. The number of hydrogen-bond acceptors (Lipinski definition) is 9. The fourth-order valence-corrected chi connectivity index (χ4v) is 12.1. The van der Waals surface area contributed by atoms with Crippen molar-refractivity contribution in [2.75, 3.05) is 27.4 Å². The van der Waals surface area contributed by atoms with Gasteiger partial charge in [0.1, 0.15) is 12.3 Å². The Labute approximate surface area is 322 Å². The first kappa shape index (κ1) is 42.5. The quantitative estimate of drug-likeness (QED) is 0.124. The van der Waals surface area contributed by atoms with Crippen LogP contribution in [0.4, 0.5) is 0 Å². The summed E-state index contributed by atoms with van der Waals surface area (Å²) in [6.45, 7) is 10.7. The average Bonchev–Trinajstić information content (AvgIpc) is 3.57. The zero-order chi connectivity index (χ0) is 39.1. The molecule has 13 heteroatoms. The van der Waals surface area contributed by atoms with E-state index in [0.717, 1.165) is 75.0 Å². The highest BCUT2D eigenvalue weighted by molar-refractivity contribution is 6.87. The topological polar surface area (TPSA) is 139 Å². The van der Waals surface area contributed by atoms with Crippen molar-refractivity contribution in [3.63, 3.8) is 0 Å². The fraction of sp³-hybridized carbons (Fsp3) is 0.732. The maximum Gasteiger partial charge on any atom is 0.333 e. The van der Waals surface area contributed by atoms with Crippen molar-refractivity contribution in [2.45, 2.75) is 166 Å². The van der Waals surface area contributed by atoms with Gasteiger partial charge >= 0.3 is 5.69 Å². The highest BCUT2D eigenvalue weighted by Crippen LogP contribution is 2.40. The lowest BCUT2D eigenvalue weighted by molar-refractivity contribution is -0.282. The number of benzene rings is 1. The summed E-state index contributed by atoms with van der Waals surface area (Å²) in [5.41, 5.74) is 0.808. The van der Waals surface area contributed by atoms with Crippen molar-refractivity contribution in [3.8, 4) is 0 Å². The third-order valence-corrected chi connectivity index (χ3v) is 16.9. The molecule has 2 heterocycles. The molecule has 2 saturated carbocycles. The van der Waals surface area contributed by atoms with E-state index in [2.05, 4.69) is 33.0 Å². The van der Waals surface area contributed by atoms with Gasteiger partial charge < -0.3 is 33.8 Å². The van der Waals surface area contributed by atoms with Crippen LogP contribution < -0.4 is 21.8 Å². The fourth-order valence-electron chi connectivity index (χ4n) is 8.71. The molecule has 1 aromatic carbocycles. The Hall–Kier alpha value is -2.65. The number of carbonyl (C=O) groups is 1. The van der Waals surface area contributed by atoms with E-state index in [0.29, 0.717) is 24.9 Å². The molecule has 1 amide bonds. The van der Waals surface area contributed by atoms with Gasteiger partial charge in [0.25, 0.3) is 5.56 Å². The van der Waals surface area contributed by atoms with Crippen molar-refractivity contribution in [3.05, 3.63) is 62.4 Å². The van der Waals surface area contributed by atoms with Crippen molar-refractivity contribution in [1.29, 1.82) is 0 Å². The Morgan fingerprint density at radius 2 is 1.54 bits per heavy atom. The van der Waals surface area contributed by atoms with Gasteiger partial charge in [-0.2, -0.15) is 0 Å². The Morgan fingerprint density at radius 1 is 0.944 bits per heavy atom. The normalized spacial score (nSPS) is 22.9. The predicted molar refractivity (Wildman–Crippen MR) is 210 cm³/mol. The minimum absolute atomic E-state index is 0.143. The lowest BCUT2D eigenvalue weighted by atomic mass is 9.93. The molecule has 54 heavy (non-hydrogen) atoms. The van der Waals surface area contributed by atoms with Crippen molar-refractivity contribution in [1.82, 2.24) is 14.5 Å². The molecule has 1 aromatic heterocycles. The van der Waals surface area contributed by atoms with Gasteiger partial charge in [0.15, 0.2) is 11.6 Å². The summed E-state index contributed by atoms with van der Waals surface area (Å²) in [5.74, 6) is -1.53. The van der Waals surface area contributed by atoms with Crippen LogP contribution in [0, 0.1) is 6.92 Å². The second-order valence-electron chi connectivity index (χ2n) is 16.4. The largest absolute Gasteiger partial charge is 0.427 e. The molecule has 302 valence electrons. The van der Waals surface area contributed by atoms with Crippen LogP contribution in [0.3, 0.4) is 0 Å². The predicted octanol–water partition coefficient (Wildman–Crippen LogP) is 5.34. The SMILES string of the molecule is COC1(OC[C@H]2O[C@@H](n3cc(C)c(=O)n(CCCNC(=O)Cc4ccc([Si](O)(C(C)C)C(C)C)cc4)c3=O)C[C@@H]2OC2(OC)CCCCC2)CCCCC1. The molecule has 0 radical (unpaired) electrons. The molecule has 1 saturated heterocycles. The lowest BCUT2D eigenvalue weighted by Crippen LogP contribution is -2.53. The molecule has 12 nitrogen and oxygen atoms in total. The van der Waals surface area contributed by atoms with E-state index in [4.69, 9.17) is 23.7 Å². The molecule has 0 spiro atoms. The minimum atomic E-state index is -2.65. The van der Waals surface area contributed by atoms with E-state index >= 15 is 0 Å². The number of aryl methyl sites for hydroxylation is 1. The number of aromatic nitrogens is 2. The van der Waals surface area contributed by atoms with E-state index in [1.165, 1.54) is 9.13 Å². The summed E-state index contributed by atoms with van der Waals surface area (Å²) < 4.78 is 34.4. The Morgan fingerprint density at radius 3 is 2.11 bits per heavy atom. The van der Waals surface area contributed by atoms with Crippen molar-refractivity contribution in [2.24, 2.45) is 0 Å².